The smallest absolute Gasteiger partial charge is 0.0711 e. The number of aliphatic hydroxyl groups excluding tert-OH is 1. The zero-order valence-electron chi connectivity index (χ0n) is 12.4. The van der Waals surface area contributed by atoms with Gasteiger partial charge < -0.3 is 5.11 Å². The molecule has 2 atom stereocenters. The third-order valence-corrected chi connectivity index (χ3v) is 4.71. The molecule has 1 saturated heterocycles. The molecule has 2 heterocycles. The summed E-state index contributed by atoms with van der Waals surface area (Å²) >= 11 is 12.1. The summed E-state index contributed by atoms with van der Waals surface area (Å²) in [6.07, 6.45) is 0.458. The van der Waals surface area contributed by atoms with Crippen molar-refractivity contribution < 1.29 is 5.11 Å². The number of aromatic nitrogens is 2. The summed E-state index contributed by atoms with van der Waals surface area (Å²) in [4.78, 5) is 2.23. The van der Waals surface area contributed by atoms with E-state index in [0.717, 1.165) is 36.5 Å². The molecule has 0 aliphatic carbocycles. The first-order valence-corrected chi connectivity index (χ1v) is 8.12. The molecule has 0 saturated carbocycles. The normalized spacial score (nSPS) is 22.4. The summed E-state index contributed by atoms with van der Waals surface area (Å²) in [6, 6.07) is 7.58. The van der Waals surface area contributed by atoms with Crippen LogP contribution in [0.5, 0.6) is 0 Å². The highest BCUT2D eigenvalue weighted by Crippen LogP contribution is 2.26. The van der Waals surface area contributed by atoms with Gasteiger partial charge in [-0.2, -0.15) is 5.10 Å². The van der Waals surface area contributed by atoms with E-state index in [9.17, 15) is 5.11 Å². The maximum Gasteiger partial charge on any atom is 0.0711 e. The van der Waals surface area contributed by atoms with E-state index in [1.165, 1.54) is 0 Å². The van der Waals surface area contributed by atoms with Crippen molar-refractivity contribution in [3.63, 3.8) is 0 Å². The molecule has 3 rings (SSSR count). The van der Waals surface area contributed by atoms with Gasteiger partial charge in [0.25, 0.3) is 0 Å². The molecule has 1 aliphatic heterocycles. The molecule has 1 aromatic heterocycles. The highest BCUT2D eigenvalue weighted by molar-refractivity contribution is 6.35. The van der Waals surface area contributed by atoms with Gasteiger partial charge >= 0.3 is 0 Å². The first-order valence-electron chi connectivity index (χ1n) is 7.36. The zero-order valence-corrected chi connectivity index (χ0v) is 13.9. The largest absolute Gasteiger partial charge is 0.391 e. The van der Waals surface area contributed by atoms with Crippen LogP contribution < -0.4 is 0 Å². The lowest BCUT2D eigenvalue weighted by molar-refractivity contribution is 0.140. The monoisotopic (exact) mass is 339 g/mol. The van der Waals surface area contributed by atoms with Crippen LogP contribution in [0.4, 0.5) is 0 Å². The highest BCUT2D eigenvalue weighted by atomic mass is 35.5. The minimum atomic E-state index is -0.330. The van der Waals surface area contributed by atoms with Crippen molar-refractivity contribution in [1.82, 2.24) is 15.1 Å². The van der Waals surface area contributed by atoms with Gasteiger partial charge in [-0.25, -0.2) is 0 Å². The molecule has 2 aromatic rings. The molecule has 0 spiro atoms. The summed E-state index contributed by atoms with van der Waals surface area (Å²) in [7, 11) is 0. The Bertz CT molecular complexity index is 659. The number of aromatic amines is 1. The molecule has 6 heteroatoms. The number of halogens is 2. The molecular weight excluding hydrogens is 321 g/mol. The summed E-state index contributed by atoms with van der Waals surface area (Å²) in [5, 5.41) is 18.8. The van der Waals surface area contributed by atoms with Crippen molar-refractivity contribution in [3.05, 3.63) is 51.3 Å². The Balaban J connectivity index is 1.62. The predicted molar refractivity (Wildman–Crippen MR) is 88.3 cm³/mol. The van der Waals surface area contributed by atoms with Crippen LogP contribution in [-0.2, 0) is 13.0 Å². The molecule has 0 amide bonds. The Hall–Kier alpha value is -1.07. The summed E-state index contributed by atoms with van der Waals surface area (Å²) in [6.45, 7) is 4.21. The van der Waals surface area contributed by atoms with Gasteiger partial charge in [-0.3, -0.25) is 10.00 Å². The van der Waals surface area contributed by atoms with E-state index in [0.29, 0.717) is 16.6 Å². The number of hydrogen-bond acceptors (Lipinski definition) is 3. The number of benzene rings is 1. The van der Waals surface area contributed by atoms with E-state index >= 15 is 0 Å². The van der Waals surface area contributed by atoms with Crippen molar-refractivity contribution >= 4 is 23.2 Å². The Kier molecular flexibility index (Phi) is 4.73. The first-order chi connectivity index (χ1) is 10.5. The molecule has 1 fully saturated rings. The van der Waals surface area contributed by atoms with Gasteiger partial charge in [-0.05, 0) is 37.1 Å². The Morgan fingerprint density at radius 1 is 1.32 bits per heavy atom. The molecule has 0 bridgehead atoms. The molecular formula is C16H19Cl2N3O. The maximum atomic E-state index is 10.3. The molecule has 2 N–H and O–H groups in total. The van der Waals surface area contributed by atoms with E-state index in [1.807, 2.05) is 25.1 Å². The van der Waals surface area contributed by atoms with Crippen LogP contribution in [0.2, 0.25) is 10.0 Å². The second-order valence-corrected chi connectivity index (χ2v) is 6.85. The van der Waals surface area contributed by atoms with Gasteiger partial charge in [-0.15, -0.1) is 0 Å². The molecule has 22 heavy (non-hydrogen) atoms. The van der Waals surface area contributed by atoms with Crippen LogP contribution >= 0.6 is 23.2 Å². The molecule has 1 aliphatic rings. The lowest BCUT2D eigenvalue weighted by Crippen LogP contribution is -2.21. The van der Waals surface area contributed by atoms with Gasteiger partial charge in [0.15, 0.2) is 0 Å². The van der Waals surface area contributed by atoms with Crippen molar-refractivity contribution in [2.24, 2.45) is 5.92 Å². The van der Waals surface area contributed by atoms with E-state index in [2.05, 4.69) is 15.1 Å². The maximum absolute atomic E-state index is 10.3. The minimum absolute atomic E-state index is 0.203. The molecule has 0 radical (unpaired) electrons. The zero-order chi connectivity index (χ0) is 15.7. The van der Waals surface area contributed by atoms with Crippen molar-refractivity contribution in [2.75, 3.05) is 13.1 Å². The fraction of sp³-hybridized carbons (Fsp3) is 0.438. The number of aliphatic hydroxyl groups is 1. The molecule has 118 valence electrons. The van der Waals surface area contributed by atoms with Crippen LogP contribution in [0.25, 0.3) is 0 Å². The number of nitrogens with one attached hydrogen (secondary N) is 1. The lowest BCUT2D eigenvalue weighted by atomic mass is 10.0. The SMILES string of the molecule is Cc1cc(C[C@@H]2CN(Cc3ccc(Cl)cc3Cl)C[C@H]2O)n[nH]1. The fourth-order valence-electron chi connectivity index (χ4n) is 3.01. The number of rotatable bonds is 4. The van der Waals surface area contributed by atoms with Crippen LogP contribution in [0.3, 0.4) is 0 Å². The number of nitrogens with zero attached hydrogens (tertiary/aromatic N) is 2. The van der Waals surface area contributed by atoms with E-state index in [1.54, 1.807) is 6.07 Å². The van der Waals surface area contributed by atoms with Gasteiger partial charge in [0.05, 0.1) is 11.8 Å². The summed E-state index contributed by atoms with van der Waals surface area (Å²) in [5.41, 5.74) is 3.09. The number of H-pyrrole nitrogens is 1. The summed E-state index contributed by atoms with van der Waals surface area (Å²) in [5.74, 6) is 0.203. The average Bonchev–Trinajstić information content (AvgIpc) is 3.00. The van der Waals surface area contributed by atoms with Crippen LogP contribution in [-0.4, -0.2) is 39.4 Å². The van der Waals surface area contributed by atoms with E-state index < -0.39 is 0 Å². The van der Waals surface area contributed by atoms with E-state index in [-0.39, 0.29) is 12.0 Å². The Labute approximate surface area is 140 Å². The first kappa shape index (κ1) is 15.8. The number of aryl methyl sites for hydroxylation is 1. The third-order valence-electron chi connectivity index (χ3n) is 4.12. The van der Waals surface area contributed by atoms with Gasteiger partial charge in [0, 0.05) is 41.3 Å². The van der Waals surface area contributed by atoms with E-state index in [4.69, 9.17) is 23.2 Å². The van der Waals surface area contributed by atoms with Crippen LogP contribution in [0.1, 0.15) is 17.0 Å². The van der Waals surface area contributed by atoms with Crippen molar-refractivity contribution in [3.8, 4) is 0 Å². The van der Waals surface area contributed by atoms with Crippen molar-refractivity contribution in [1.29, 1.82) is 0 Å². The second kappa shape index (κ2) is 6.59. The number of β-amino-alcohol motifs (C(OH)–C–C–N with tert-alkyl or cyclic N) is 1. The number of likely N-dealkylation sites (tertiary alicyclic amines) is 1. The third kappa shape index (κ3) is 3.63. The quantitative estimate of drug-likeness (QED) is 0.899. The molecule has 0 unspecified atom stereocenters. The lowest BCUT2D eigenvalue weighted by Gasteiger charge is -2.16. The second-order valence-electron chi connectivity index (χ2n) is 6.00. The molecule has 1 aromatic carbocycles. The highest BCUT2D eigenvalue weighted by Gasteiger charge is 2.31. The van der Waals surface area contributed by atoms with Crippen LogP contribution in [0.15, 0.2) is 24.3 Å². The average molecular weight is 340 g/mol. The predicted octanol–water partition coefficient (Wildman–Crippen LogP) is 3.06. The summed E-state index contributed by atoms with van der Waals surface area (Å²) < 4.78 is 0. The van der Waals surface area contributed by atoms with Crippen molar-refractivity contribution in [2.45, 2.75) is 26.0 Å². The van der Waals surface area contributed by atoms with Gasteiger partial charge in [-0.1, -0.05) is 29.3 Å². The fourth-order valence-corrected chi connectivity index (χ4v) is 3.48. The van der Waals surface area contributed by atoms with Gasteiger partial charge in [0.1, 0.15) is 0 Å². The van der Waals surface area contributed by atoms with Gasteiger partial charge in [0.2, 0.25) is 0 Å². The topological polar surface area (TPSA) is 52.1 Å². The minimum Gasteiger partial charge on any atom is -0.391 e. The number of hydrogen-bond donors (Lipinski definition) is 2. The van der Waals surface area contributed by atoms with Crippen LogP contribution in [0, 0.1) is 12.8 Å². The molecule has 4 nitrogen and oxygen atoms in total. The Morgan fingerprint density at radius 3 is 2.82 bits per heavy atom. The Morgan fingerprint density at radius 2 is 2.14 bits per heavy atom. The standard InChI is InChI=1S/C16H19Cl2N3O/c1-10-4-14(20-19-10)5-12-8-21(9-16(12)22)7-11-2-3-13(17)6-15(11)18/h2-4,6,12,16,22H,5,7-9H2,1H3,(H,19,20)/t12-,16-/m1/s1.